The topological polar surface area (TPSA) is 24.9 Å². The summed E-state index contributed by atoms with van der Waals surface area (Å²) >= 11 is 5.95. The van der Waals surface area contributed by atoms with Gasteiger partial charge in [-0.25, -0.2) is 4.98 Å². The number of nitrogens with one attached hydrogen (secondary N) is 1. The fourth-order valence-corrected chi connectivity index (χ4v) is 2.06. The Hall–Kier alpha value is -0.310. The molecule has 1 fully saturated rings. The summed E-state index contributed by atoms with van der Waals surface area (Å²) in [6.45, 7) is 3.12. The standard InChI is InChI=1S/C11H15ClN2.ClH/c1-8-5-10(6-8)14-7-9-3-2-4-13-11(9)12;/h2-4,8,10,14H,5-7H2,1H3;1H. The number of rotatable bonds is 3. The van der Waals surface area contributed by atoms with Gasteiger partial charge >= 0.3 is 0 Å². The average molecular weight is 247 g/mol. The lowest BCUT2D eigenvalue weighted by molar-refractivity contribution is 0.240. The fraction of sp³-hybridized carbons (Fsp3) is 0.545. The molecule has 2 rings (SSSR count). The van der Waals surface area contributed by atoms with Crippen LogP contribution in [0.1, 0.15) is 25.3 Å². The molecule has 0 unspecified atom stereocenters. The lowest BCUT2D eigenvalue weighted by Crippen LogP contribution is -2.39. The minimum atomic E-state index is 0. The highest BCUT2D eigenvalue weighted by Crippen LogP contribution is 2.26. The second kappa shape index (κ2) is 5.69. The molecule has 0 bridgehead atoms. The molecule has 1 aliphatic carbocycles. The summed E-state index contributed by atoms with van der Waals surface area (Å²) in [6.07, 6.45) is 4.30. The van der Waals surface area contributed by atoms with E-state index in [-0.39, 0.29) is 12.4 Å². The van der Waals surface area contributed by atoms with Crippen molar-refractivity contribution < 1.29 is 0 Å². The van der Waals surface area contributed by atoms with Crippen LogP contribution in [0.2, 0.25) is 5.15 Å². The molecule has 2 nitrogen and oxygen atoms in total. The number of nitrogens with zero attached hydrogens (tertiary/aromatic N) is 1. The zero-order chi connectivity index (χ0) is 9.97. The van der Waals surface area contributed by atoms with E-state index in [4.69, 9.17) is 11.6 Å². The smallest absolute Gasteiger partial charge is 0.133 e. The Morgan fingerprint density at radius 3 is 2.87 bits per heavy atom. The fourth-order valence-electron chi connectivity index (χ4n) is 1.87. The maximum absolute atomic E-state index is 5.95. The molecule has 4 heteroatoms. The third kappa shape index (κ3) is 3.33. The molecule has 0 radical (unpaired) electrons. The first-order valence-corrected chi connectivity index (χ1v) is 5.46. The van der Waals surface area contributed by atoms with Gasteiger partial charge in [-0.05, 0) is 24.8 Å². The van der Waals surface area contributed by atoms with E-state index in [1.54, 1.807) is 6.20 Å². The van der Waals surface area contributed by atoms with Crippen molar-refractivity contribution in [2.24, 2.45) is 5.92 Å². The molecular formula is C11H16Cl2N2. The van der Waals surface area contributed by atoms with Gasteiger partial charge in [0.15, 0.2) is 0 Å². The van der Waals surface area contributed by atoms with Crippen LogP contribution < -0.4 is 5.32 Å². The second-order valence-electron chi connectivity index (χ2n) is 4.11. The highest BCUT2D eigenvalue weighted by Gasteiger charge is 2.24. The largest absolute Gasteiger partial charge is 0.310 e. The minimum absolute atomic E-state index is 0. The van der Waals surface area contributed by atoms with Gasteiger partial charge in [-0.1, -0.05) is 24.6 Å². The van der Waals surface area contributed by atoms with Gasteiger partial charge < -0.3 is 5.32 Å². The van der Waals surface area contributed by atoms with Gasteiger partial charge in [0.2, 0.25) is 0 Å². The molecule has 0 amide bonds. The van der Waals surface area contributed by atoms with Crippen LogP contribution in [-0.4, -0.2) is 11.0 Å². The van der Waals surface area contributed by atoms with E-state index in [2.05, 4.69) is 17.2 Å². The summed E-state index contributed by atoms with van der Waals surface area (Å²) in [5, 5.41) is 4.10. The Morgan fingerprint density at radius 1 is 1.53 bits per heavy atom. The van der Waals surface area contributed by atoms with Gasteiger partial charge in [-0.3, -0.25) is 0 Å². The van der Waals surface area contributed by atoms with Gasteiger partial charge in [0, 0.05) is 24.3 Å². The highest BCUT2D eigenvalue weighted by molar-refractivity contribution is 6.30. The lowest BCUT2D eigenvalue weighted by Gasteiger charge is -2.33. The quantitative estimate of drug-likeness (QED) is 0.830. The first-order valence-electron chi connectivity index (χ1n) is 5.08. The van der Waals surface area contributed by atoms with Gasteiger partial charge in [-0.2, -0.15) is 0 Å². The Morgan fingerprint density at radius 2 is 2.27 bits per heavy atom. The number of hydrogen-bond donors (Lipinski definition) is 1. The first kappa shape index (κ1) is 12.8. The molecule has 0 aliphatic heterocycles. The van der Waals surface area contributed by atoms with Gasteiger partial charge in [0.1, 0.15) is 5.15 Å². The molecular weight excluding hydrogens is 231 g/mol. The van der Waals surface area contributed by atoms with Crippen molar-refractivity contribution in [3.05, 3.63) is 29.0 Å². The second-order valence-corrected chi connectivity index (χ2v) is 4.47. The SMILES string of the molecule is CC1CC(NCc2cccnc2Cl)C1.Cl. The van der Waals surface area contributed by atoms with Crippen LogP contribution in [0.25, 0.3) is 0 Å². The zero-order valence-electron chi connectivity index (χ0n) is 8.74. The van der Waals surface area contributed by atoms with E-state index < -0.39 is 0 Å². The van der Waals surface area contributed by atoms with Gasteiger partial charge in [-0.15, -0.1) is 12.4 Å². The normalized spacial score (nSPS) is 24.1. The molecule has 1 N–H and O–H groups in total. The van der Waals surface area contributed by atoms with E-state index in [9.17, 15) is 0 Å². The molecule has 84 valence electrons. The molecule has 0 spiro atoms. The first-order chi connectivity index (χ1) is 6.75. The van der Waals surface area contributed by atoms with Crippen molar-refractivity contribution >= 4 is 24.0 Å². The number of aromatic nitrogens is 1. The minimum Gasteiger partial charge on any atom is -0.310 e. The molecule has 15 heavy (non-hydrogen) atoms. The van der Waals surface area contributed by atoms with Crippen LogP contribution in [-0.2, 0) is 6.54 Å². The van der Waals surface area contributed by atoms with Crippen molar-refractivity contribution in [3.8, 4) is 0 Å². The number of halogens is 2. The summed E-state index contributed by atoms with van der Waals surface area (Å²) in [4.78, 5) is 4.04. The van der Waals surface area contributed by atoms with E-state index in [0.29, 0.717) is 11.2 Å². The molecule has 1 aliphatic rings. The predicted molar refractivity (Wildman–Crippen MR) is 65.5 cm³/mol. The van der Waals surface area contributed by atoms with Crippen molar-refractivity contribution in [2.75, 3.05) is 0 Å². The monoisotopic (exact) mass is 246 g/mol. The van der Waals surface area contributed by atoms with Crippen LogP contribution in [0.15, 0.2) is 18.3 Å². The summed E-state index contributed by atoms with van der Waals surface area (Å²) in [7, 11) is 0. The summed E-state index contributed by atoms with van der Waals surface area (Å²) in [5.41, 5.74) is 1.09. The van der Waals surface area contributed by atoms with Crippen LogP contribution in [0.4, 0.5) is 0 Å². The number of pyridine rings is 1. The number of hydrogen-bond acceptors (Lipinski definition) is 2. The van der Waals surface area contributed by atoms with E-state index >= 15 is 0 Å². The Bertz CT molecular complexity index is 311. The molecule has 1 aromatic rings. The Balaban J connectivity index is 0.00000112. The van der Waals surface area contributed by atoms with Crippen LogP contribution in [0, 0.1) is 5.92 Å². The Labute approximate surface area is 102 Å². The summed E-state index contributed by atoms with van der Waals surface area (Å²) in [5.74, 6) is 0.886. The van der Waals surface area contributed by atoms with Crippen molar-refractivity contribution in [3.63, 3.8) is 0 Å². The van der Waals surface area contributed by atoms with E-state index in [0.717, 1.165) is 18.0 Å². The lowest BCUT2D eigenvalue weighted by atomic mass is 9.82. The van der Waals surface area contributed by atoms with Gasteiger partial charge in [0.25, 0.3) is 0 Å². The third-order valence-corrected chi connectivity index (χ3v) is 3.13. The highest BCUT2D eigenvalue weighted by atomic mass is 35.5. The average Bonchev–Trinajstić information content (AvgIpc) is 2.13. The van der Waals surface area contributed by atoms with Crippen LogP contribution >= 0.6 is 24.0 Å². The van der Waals surface area contributed by atoms with Crippen molar-refractivity contribution in [1.82, 2.24) is 10.3 Å². The maximum atomic E-state index is 5.95. The summed E-state index contributed by atoms with van der Waals surface area (Å²) in [6, 6.07) is 4.62. The molecule has 1 heterocycles. The molecule has 1 saturated carbocycles. The van der Waals surface area contributed by atoms with Crippen LogP contribution in [0.3, 0.4) is 0 Å². The van der Waals surface area contributed by atoms with E-state index in [1.807, 2.05) is 12.1 Å². The molecule has 1 aromatic heterocycles. The maximum Gasteiger partial charge on any atom is 0.133 e. The van der Waals surface area contributed by atoms with Gasteiger partial charge in [0.05, 0.1) is 0 Å². The van der Waals surface area contributed by atoms with Crippen molar-refractivity contribution in [2.45, 2.75) is 32.4 Å². The van der Waals surface area contributed by atoms with E-state index in [1.165, 1.54) is 12.8 Å². The van der Waals surface area contributed by atoms with Crippen molar-refractivity contribution in [1.29, 1.82) is 0 Å². The predicted octanol–water partition coefficient (Wildman–Crippen LogP) is 3.04. The molecule has 0 atom stereocenters. The Kier molecular flexibility index (Phi) is 4.84. The molecule has 0 aromatic carbocycles. The zero-order valence-corrected chi connectivity index (χ0v) is 10.3. The molecule has 0 saturated heterocycles. The third-order valence-electron chi connectivity index (χ3n) is 2.79. The summed E-state index contributed by atoms with van der Waals surface area (Å²) < 4.78 is 0. The van der Waals surface area contributed by atoms with Crippen LogP contribution in [0.5, 0.6) is 0 Å².